The molecule has 3 N–H and O–H groups in total. The van der Waals surface area contributed by atoms with Gasteiger partial charge < -0.3 is 9.79 Å². The molecule has 36 heavy (non-hydrogen) atoms. The Balaban J connectivity index is 2.15. The number of sulfonamides is 1. The molecule has 1 saturated heterocycles. The second kappa shape index (κ2) is 11.3. The first-order valence-electron chi connectivity index (χ1n) is 11.2. The molecule has 2 unspecified atom stereocenters. The number of phosphoric acid groups is 1. The number of allylic oxidation sites excluding steroid dienone is 2. The lowest BCUT2D eigenvalue weighted by molar-refractivity contribution is 0.0271. The third-order valence-corrected chi connectivity index (χ3v) is 8.29. The van der Waals surface area contributed by atoms with Gasteiger partial charge >= 0.3 is 7.82 Å². The maximum Gasteiger partial charge on any atom is 0.471 e. The Morgan fingerprint density at radius 1 is 1.25 bits per heavy atom. The Bertz CT molecular complexity index is 1430. The number of nitrogens with zero attached hydrogens (tertiary/aromatic N) is 2. The molecule has 1 aliphatic rings. The number of fused-ring (bicyclic) bond motifs is 1. The van der Waals surface area contributed by atoms with Crippen molar-refractivity contribution in [3.63, 3.8) is 0 Å². The van der Waals surface area contributed by atoms with Gasteiger partial charge in [-0.2, -0.15) is 4.31 Å². The van der Waals surface area contributed by atoms with Crippen molar-refractivity contribution in [2.45, 2.75) is 27.2 Å². The predicted octanol–water partition coefficient (Wildman–Crippen LogP) is 3.05. The van der Waals surface area contributed by atoms with Crippen LogP contribution in [0.2, 0.25) is 0 Å². The SMILES string of the molecule is C=c1c(NOCOP(=O)(O)O)c2ccccc2c(N=O)/c1=C/C(=C\C)S(=O)(=O)N1CC(C)CC(C)C1. The van der Waals surface area contributed by atoms with Crippen LogP contribution in [-0.4, -0.2) is 42.4 Å². The van der Waals surface area contributed by atoms with Gasteiger partial charge in [-0.15, -0.1) is 4.91 Å². The highest BCUT2D eigenvalue weighted by Crippen LogP contribution is 2.35. The Kier molecular flexibility index (Phi) is 8.84. The zero-order valence-electron chi connectivity index (χ0n) is 20.2. The predicted molar refractivity (Wildman–Crippen MR) is 139 cm³/mol. The lowest BCUT2D eigenvalue weighted by atomic mass is 9.94. The maximum absolute atomic E-state index is 13.5. The molecule has 2 atom stereocenters. The van der Waals surface area contributed by atoms with Crippen LogP contribution in [0.1, 0.15) is 27.2 Å². The fraction of sp³-hybridized carbons (Fsp3) is 0.391. The summed E-state index contributed by atoms with van der Waals surface area (Å²) >= 11 is 0. The lowest BCUT2D eigenvalue weighted by Crippen LogP contribution is -2.43. The normalized spacial score (nSPS) is 20.6. The number of phosphoric ester groups is 1. The first-order valence-corrected chi connectivity index (χ1v) is 14.2. The van der Waals surface area contributed by atoms with Crippen LogP contribution in [-0.2, 0) is 23.9 Å². The zero-order valence-corrected chi connectivity index (χ0v) is 22.0. The summed E-state index contributed by atoms with van der Waals surface area (Å²) in [7, 11) is -8.63. The number of nitroso groups, excluding NO2 is 1. The zero-order chi connectivity index (χ0) is 26.7. The smallest absolute Gasteiger partial charge is 0.303 e. The Labute approximate surface area is 209 Å². The van der Waals surface area contributed by atoms with Crippen molar-refractivity contribution in [1.29, 1.82) is 0 Å². The molecule has 2 aromatic carbocycles. The average Bonchev–Trinajstić information content (AvgIpc) is 2.80. The van der Waals surface area contributed by atoms with Crippen LogP contribution in [0.15, 0.2) is 40.4 Å². The molecular weight excluding hydrogens is 509 g/mol. The van der Waals surface area contributed by atoms with E-state index in [2.05, 4.69) is 21.8 Å². The van der Waals surface area contributed by atoms with E-state index in [0.717, 1.165) is 6.42 Å². The van der Waals surface area contributed by atoms with Crippen molar-refractivity contribution < 1.29 is 32.1 Å². The molecule has 0 aromatic heterocycles. The van der Waals surface area contributed by atoms with E-state index in [-0.39, 0.29) is 38.6 Å². The highest BCUT2D eigenvalue weighted by atomic mass is 32.2. The minimum absolute atomic E-state index is 0.00236. The van der Waals surface area contributed by atoms with E-state index in [4.69, 9.17) is 14.6 Å². The number of nitrogens with one attached hydrogen (secondary N) is 1. The summed E-state index contributed by atoms with van der Waals surface area (Å²) in [6.07, 6.45) is 3.76. The second-order valence-electron chi connectivity index (χ2n) is 8.84. The quantitative estimate of drug-likeness (QED) is 0.143. The van der Waals surface area contributed by atoms with Crippen molar-refractivity contribution in [2.75, 3.05) is 25.4 Å². The van der Waals surface area contributed by atoms with E-state index in [1.165, 1.54) is 16.5 Å². The van der Waals surface area contributed by atoms with E-state index in [1.807, 2.05) is 13.8 Å². The molecule has 0 bridgehead atoms. The number of hydrogen-bond acceptors (Lipinski definition) is 8. The molecule has 1 aliphatic heterocycles. The van der Waals surface area contributed by atoms with Gasteiger partial charge in [0.25, 0.3) is 0 Å². The number of piperidine rings is 1. The molecular formula is C23H30N3O8PS. The molecule has 0 amide bonds. The van der Waals surface area contributed by atoms with Crippen molar-refractivity contribution >= 4 is 52.6 Å². The van der Waals surface area contributed by atoms with Gasteiger partial charge in [-0.1, -0.05) is 50.8 Å². The molecule has 3 rings (SSSR count). The molecule has 0 radical (unpaired) electrons. The van der Waals surface area contributed by atoms with E-state index < -0.39 is 24.6 Å². The van der Waals surface area contributed by atoms with Gasteiger partial charge in [0.15, 0.2) is 6.79 Å². The van der Waals surface area contributed by atoms with Crippen molar-refractivity contribution in [3.8, 4) is 0 Å². The van der Waals surface area contributed by atoms with Gasteiger partial charge in [0.1, 0.15) is 5.69 Å². The molecule has 1 heterocycles. The van der Waals surface area contributed by atoms with Gasteiger partial charge in [0.05, 0.1) is 10.6 Å². The molecule has 1 fully saturated rings. The van der Waals surface area contributed by atoms with E-state index in [0.29, 0.717) is 23.9 Å². The van der Waals surface area contributed by atoms with Gasteiger partial charge in [0.2, 0.25) is 10.0 Å². The van der Waals surface area contributed by atoms with Crippen LogP contribution in [0.4, 0.5) is 11.4 Å². The van der Waals surface area contributed by atoms with Gasteiger partial charge in [0, 0.05) is 34.3 Å². The summed E-state index contributed by atoms with van der Waals surface area (Å²) in [5.74, 6) is 0.419. The van der Waals surface area contributed by atoms with Crippen LogP contribution in [0, 0.1) is 16.7 Å². The molecule has 0 saturated carbocycles. The van der Waals surface area contributed by atoms with Crippen molar-refractivity contribution in [1.82, 2.24) is 4.31 Å². The van der Waals surface area contributed by atoms with E-state index in [9.17, 15) is 17.9 Å². The van der Waals surface area contributed by atoms with Gasteiger partial charge in [-0.05, 0) is 36.4 Å². The molecule has 196 valence electrons. The number of hydrogen-bond donors (Lipinski definition) is 3. The van der Waals surface area contributed by atoms with Gasteiger partial charge in [-0.25, -0.2) is 17.8 Å². The molecule has 11 nitrogen and oxygen atoms in total. The Morgan fingerprint density at radius 2 is 1.86 bits per heavy atom. The topological polar surface area (TPSA) is 155 Å². The first-order chi connectivity index (χ1) is 16.9. The molecule has 0 aliphatic carbocycles. The summed E-state index contributed by atoms with van der Waals surface area (Å²) < 4.78 is 43.7. The third-order valence-electron chi connectivity index (χ3n) is 5.92. The minimum Gasteiger partial charge on any atom is -0.303 e. The van der Waals surface area contributed by atoms with Crippen LogP contribution < -0.4 is 15.9 Å². The number of anilines is 1. The van der Waals surface area contributed by atoms with Crippen LogP contribution in [0.25, 0.3) is 23.4 Å². The third kappa shape index (κ3) is 6.27. The van der Waals surface area contributed by atoms with Crippen LogP contribution in [0.3, 0.4) is 0 Å². The highest BCUT2D eigenvalue weighted by molar-refractivity contribution is 7.93. The monoisotopic (exact) mass is 539 g/mol. The largest absolute Gasteiger partial charge is 0.471 e. The second-order valence-corrected chi connectivity index (χ2v) is 12.0. The average molecular weight is 540 g/mol. The summed E-state index contributed by atoms with van der Waals surface area (Å²) in [4.78, 5) is 34.7. The molecule has 2 aromatic rings. The molecule has 0 spiro atoms. The lowest BCUT2D eigenvalue weighted by Gasteiger charge is -2.34. The summed E-state index contributed by atoms with van der Waals surface area (Å²) in [6.45, 7) is 9.63. The van der Waals surface area contributed by atoms with E-state index >= 15 is 0 Å². The van der Waals surface area contributed by atoms with Crippen LogP contribution >= 0.6 is 7.82 Å². The molecule has 13 heteroatoms. The fourth-order valence-electron chi connectivity index (χ4n) is 4.46. The maximum atomic E-state index is 13.5. The summed E-state index contributed by atoms with van der Waals surface area (Å²) in [6, 6.07) is 6.70. The number of rotatable bonds is 9. The summed E-state index contributed by atoms with van der Waals surface area (Å²) in [5.41, 5.74) is 2.81. The van der Waals surface area contributed by atoms with Gasteiger partial charge in [-0.3, -0.25) is 10.0 Å². The van der Waals surface area contributed by atoms with E-state index in [1.54, 1.807) is 31.2 Å². The standard InChI is InChI=1S/C23H30N3O8PS/c1-5-18(36(31,32)26-12-15(2)10-16(3)13-26)11-21-17(4)22(25-33-14-34-35(28,29)30)19-8-6-7-9-20(19)23(21)24-27/h5-9,11,15-16,25H,4,10,12-14H2,1-3H3,(H2,28,29,30)/b18-5+,21-11+. The Morgan fingerprint density at radius 3 is 2.42 bits per heavy atom. The minimum atomic E-state index is -4.76. The van der Waals surface area contributed by atoms with Crippen molar-refractivity contribution in [2.24, 2.45) is 17.0 Å². The summed E-state index contributed by atoms with van der Waals surface area (Å²) in [5, 5.41) is 4.44. The number of benzene rings is 2. The fourth-order valence-corrected chi connectivity index (χ4v) is 6.41. The van der Waals surface area contributed by atoms with Crippen molar-refractivity contribution in [3.05, 3.63) is 50.6 Å². The van der Waals surface area contributed by atoms with Crippen LogP contribution in [0.5, 0.6) is 0 Å². The Hall–Kier alpha value is -2.44. The first kappa shape index (κ1) is 28.1. The highest BCUT2D eigenvalue weighted by Gasteiger charge is 2.32.